The summed E-state index contributed by atoms with van der Waals surface area (Å²) < 4.78 is 13.0. The Hall–Kier alpha value is -4.32. The molecule has 0 aliphatic rings. The summed E-state index contributed by atoms with van der Waals surface area (Å²) in [5.74, 6) is 2.01. The van der Waals surface area contributed by atoms with Crippen LogP contribution in [0.5, 0.6) is 11.5 Å². The molecule has 34 heavy (non-hydrogen) atoms. The van der Waals surface area contributed by atoms with Gasteiger partial charge in [-0.3, -0.25) is 4.79 Å². The van der Waals surface area contributed by atoms with Crippen LogP contribution in [0.2, 0.25) is 0 Å². The largest absolute Gasteiger partial charge is 0.497 e. The normalized spacial score (nSPS) is 11.8. The fraction of sp³-hybridized carbons (Fsp3) is 0.143. The van der Waals surface area contributed by atoms with Crippen molar-refractivity contribution in [1.82, 2.24) is 14.9 Å². The third kappa shape index (κ3) is 5.92. The molecule has 0 saturated carbocycles. The van der Waals surface area contributed by atoms with Crippen LogP contribution in [0.25, 0.3) is 6.08 Å². The van der Waals surface area contributed by atoms with Gasteiger partial charge in [-0.15, -0.1) is 0 Å². The molecule has 4 aromatic rings. The molecule has 3 aromatic carbocycles. The summed E-state index contributed by atoms with van der Waals surface area (Å²) in [6.45, 7) is 0.488. The van der Waals surface area contributed by atoms with Crippen LogP contribution in [0, 0.1) is 0 Å². The lowest BCUT2D eigenvalue weighted by Gasteiger charge is -2.18. The Kier molecular flexibility index (Phi) is 7.40. The monoisotopic (exact) mass is 453 g/mol. The van der Waals surface area contributed by atoms with Crippen molar-refractivity contribution in [3.63, 3.8) is 0 Å². The zero-order chi connectivity index (χ0) is 23.8. The van der Waals surface area contributed by atoms with Gasteiger partial charge in [-0.2, -0.15) is 0 Å². The number of ether oxygens (including phenoxy) is 2. The molecule has 0 radical (unpaired) electrons. The van der Waals surface area contributed by atoms with Crippen LogP contribution in [-0.4, -0.2) is 22.6 Å². The molecule has 6 nitrogen and oxygen atoms in total. The highest BCUT2D eigenvalue weighted by Gasteiger charge is 2.20. The van der Waals surface area contributed by atoms with Crippen LogP contribution in [0.3, 0.4) is 0 Å². The Morgan fingerprint density at radius 1 is 1.03 bits per heavy atom. The fourth-order valence-electron chi connectivity index (χ4n) is 3.56. The highest BCUT2D eigenvalue weighted by Crippen LogP contribution is 2.23. The van der Waals surface area contributed by atoms with E-state index in [4.69, 9.17) is 9.47 Å². The maximum Gasteiger partial charge on any atom is 0.244 e. The summed E-state index contributed by atoms with van der Waals surface area (Å²) in [7, 11) is 3.53. The van der Waals surface area contributed by atoms with E-state index in [0.29, 0.717) is 6.61 Å². The van der Waals surface area contributed by atoms with E-state index in [9.17, 15) is 4.79 Å². The molecule has 0 saturated heterocycles. The van der Waals surface area contributed by atoms with E-state index < -0.39 is 6.04 Å². The van der Waals surface area contributed by atoms with Gasteiger partial charge in [-0.05, 0) is 47.0 Å². The average molecular weight is 454 g/mol. The van der Waals surface area contributed by atoms with E-state index in [1.165, 1.54) is 6.08 Å². The Balaban J connectivity index is 1.45. The summed E-state index contributed by atoms with van der Waals surface area (Å²) in [4.78, 5) is 17.3. The number of nitrogens with one attached hydrogen (secondary N) is 1. The van der Waals surface area contributed by atoms with Gasteiger partial charge in [0.25, 0.3) is 0 Å². The molecule has 1 atom stereocenters. The molecule has 172 valence electrons. The second-order valence-electron chi connectivity index (χ2n) is 7.79. The van der Waals surface area contributed by atoms with Crippen molar-refractivity contribution in [2.45, 2.75) is 12.6 Å². The summed E-state index contributed by atoms with van der Waals surface area (Å²) in [5.41, 5.74) is 2.88. The first-order chi connectivity index (χ1) is 16.6. The summed E-state index contributed by atoms with van der Waals surface area (Å²) >= 11 is 0. The Bertz CT molecular complexity index is 1250. The van der Waals surface area contributed by atoms with Gasteiger partial charge in [-0.25, -0.2) is 4.98 Å². The van der Waals surface area contributed by atoms with E-state index in [1.807, 2.05) is 96.7 Å². The number of benzene rings is 3. The van der Waals surface area contributed by atoms with Gasteiger partial charge in [0.05, 0.1) is 7.11 Å². The molecule has 0 bridgehead atoms. The SMILES string of the molecule is COc1ccc(C(NC(=O)/C=C/c2cccc(OCc3ccccc3)c2)c2nccn2C)cc1. The molecule has 0 aliphatic carbocycles. The van der Waals surface area contributed by atoms with Crippen molar-refractivity contribution in [3.05, 3.63) is 120 Å². The molecule has 1 amide bonds. The van der Waals surface area contributed by atoms with Crippen molar-refractivity contribution < 1.29 is 14.3 Å². The maximum absolute atomic E-state index is 12.8. The molecule has 0 spiro atoms. The van der Waals surface area contributed by atoms with Crippen LogP contribution in [0.4, 0.5) is 0 Å². The third-order valence-electron chi connectivity index (χ3n) is 5.39. The molecule has 1 heterocycles. The van der Waals surface area contributed by atoms with Gasteiger partial charge in [-0.1, -0.05) is 54.6 Å². The van der Waals surface area contributed by atoms with Gasteiger partial charge in [0.15, 0.2) is 0 Å². The molecular formula is C28H27N3O3. The minimum Gasteiger partial charge on any atom is -0.497 e. The molecule has 6 heteroatoms. The van der Waals surface area contributed by atoms with E-state index in [0.717, 1.165) is 34.0 Å². The second-order valence-corrected chi connectivity index (χ2v) is 7.79. The van der Waals surface area contributed by atoms with Crippen molar-refractivity contribution in [2.75, 3.05) is 7.11 Å². The lowest BCUT2D eigenvalue weighted by molar-refractivity contribution is -0.117. The molecule has 1 N–H and O–H groups in total. The maximum atomic E-state index is 12.8. The molecule has 0 aliphatic heterocycles. The molecule has 1 unspecified atom stereocenters. The lowest BCUT2D eigenvalue weighted by Crippen LogP contribution is -2.29. The van der Waals surface area contributed by atoms with Crippen molar-refractivity contribution in [2.24, 2.45) is 7.05 Å². The molecule has 4 rings (SSSR count). The lowest BCUT2D eigenvalue weighted by atomic mass is 10.1. The van der Waals surface area contributed by atoms with Crippen LogP contribution in [-0.2, 0) is 18.4 Å². The van der Waals surface area contributed by atoms with Gasteiger partial charge in [0.1, 0.15) is 30.0 Å². The summed E-state index contributed by atoms with van der Waals surface area (Å²) in [5, 5.41) is 3.06. The standard InChI is InChI=1S/C28H27N3O3/c1-31-18-17-29-28(31)27(23-12-14-24(33-2)15-13-23)30-26(32)16-11-21-9-6-10-25(19-21)34-20-22-7-4-3-5-8-22/h3-19,27H,20H2,1-2H3,(H,30,32)/b16-11+. The highest BCUT2D eigenvalue weighted by molar-refractivity contribution is 5.92. The number of methoxy groups -OCH3 is 1. The number of aromatic nitrogens is 2. The smallest absolute Gasteiger partial charge is 0.244 e. The first-order valence-corrected chi connectivity index (χ1v) is 11.0. The van der Waals surface area contributed by atoms with Crippen LogP contribution < -0.4 is 14.8 Å². The second kappa shape index (κ2) is 11.0. The molecule has 0 fully saturated rings. The third-order valence-corrected chi connectivity index (χ3v) is 5.39. The van der Waals surface area contributed by atoms with Gasteiger partial charge < -0.3 is 19.4 Å². The van der Waals surface area contributed by atoms with Gasteiger partial charge in [0.2, 0.25) is 5.91 Å². The van der Waals surface area contributed by atoms with Crippen molar-refractivity contribution in [1.29, 1.82) is 0 Å². The van der Waals surface area contributed by atoms with E-state index in [2.05, 4.69) is 10.3 Å². The topological polar surface area (TPSA) is 65.4 Å². The first kappa shape index (κ1) is 22.9. The van der Waals surface area contributed by atoms with Crippen molar-refractivity contribution in [3.8, 4) is 11.5 Å². The Labute approximate surface area is 199 Å². The van der Waals surface area contributed by atoms with E-state index in [1.54, 1.807) is 19.4 Å². The number of amides is 1. The number of hydrogen-bond acceptors (Lipinski definition) is 4. The number of rotatable bonds is 9. The molecular weight excluding hydrogens is 426 g/mol. The quantitative estimate of drug-likeness (QED) is 0.365. The van der Waals surface area contributed by atoms with Crippen LogP contribution in [0.15, 0.2) is 97.3 Å². The Morgan fingerprint density at radius 3 is 2.53 bits per heavy atom. The Morgan fingerprint density at radius 2 is 1.82 bits per heavy atom. The van der Waals surface area contributed by atoms with E-state index >= 15 is 0 Å². The van der Waals surface area contributed by atoms with Gasteiger partial charge >= 0.3 is 0 Å². The van der Waals surface area contributed by atoms with Crippen LogP contribution in [0.1, 0.15) is 28.6 Å². The number of imidazole rings is 1. The predicted octanol–water partition coefficient (Wildman–Crippen LogP) is 4.93. The van der Waals surface area contributed by atoms with E-state index in [-0.39, 0.29) is 5.91 Å². The number of aryl methyl sites for hydroxylation is 1. The number of carbonyl (C=O) groups is 1. The number of hydrogen-bond donors (Lipinski definition) is 1. The van der Waals surface area contributed by atoms with Gasteiger partial charge in [0, 0.05) is 25.5 Å². The predicted molar refractivity (Wildman–Crippen MR) is 132 cm³/mol. The number of nitrogens with zero attached hydrogens (tertiary/aromatic N) is 2. The zero-order valence-electron chi connectivity index (χ0n) is 19.2. The fourth-order valence-corrected chi connectivity index (χ4v) is 3.56. The minimum absolute atomic E-state index is 0.223. The summed E-state index contributed by atoms with van der Waals surface area (Å²) in [6, 6.07) is 24.8. The average Bonchev–Trinajstić information content (AvgIpc) is 3.31. The van der Waals surface area contributed by atoms with Crippen LogP contribution >= 0.6 is 0 Å². The highest BCUT2D eigenvalue weighted by atomic mass is 16.5. The molecule has 1 aromatic heterocycles. The minimum atomic E-state index is -0.399. The zero-order valence-corrected chi connectivity index (χ0v) is 19.2. The first-order valence-electron chi connectivity index (χ1n) is 11.0. The summed E-state index contributed by atoms with van der Waals surface area (Å²) in [6.07, 6.45) is 6.87. The number of carbonyl (C=O) groups excluding carboxylic acids is 1. The van der Waals surface area contributed by atoms with Crippen molar-refractivity contribution >= 4 is 12.0 Å².